The smallest absolute Gasteiger partial charge is 0.241 e. The fourth-order valence-electron chi connectivity index (χ4n) is 3.55. The van der Waals surface area contributed by atoms with E-state index in [9.17, 15) is 9.50 Å². The zero-order valence-corrected chi connectivity index (χ0v) is 17.6. The minimum atomic E-state index is -0.542. The van der Waals surface area contributed by atoms with Crippen LogP contribution in [0.1, 0.15) is 11.5 Å². The van der Waals surface area contributed by atoms with Gasteiger partial charge in [-0.2, -0.15) is 4.98 Å². The number of nitrogens with zero attached hydrogens (tertiary/aromatic N) is 4. The molecule has 1 aromatic heterocycles. The number of benzene rings is 2. The minimum Gasteiger partial charge on any atom is -0.491 e. The molecule has 1 fully saturated rings. The van der Waals surface area contributed by atoms with Crippen LogP contribution in [-0.4, -0.2) is 70.5 Å². The van der Waals surface area contributed by atoms with Gasteiger partial charge in [-0.3, -0.25) is 9.80 Å². The standard InChI is InChI=1S/C23H27FN4O3/c1-17-7-8-18(13-21(17)24)23-25-22(31-26-23)15-28-11-9-27(10-12-28)14-19(29)16-30-20-5-3-2-4-6-20/h2-8,13,19,29H,9-12,14-16H2,1H3. The van der Waals surface area contributed by atoms with E-state index in [1.54, 1.807) is 19.1 Å². The number of halogens is 1. The summed E-state index contributed by atoms with van der Waals surface area (Å²) in [6.07, 6.45) is -0.542. The molecular formula is C23H27FN4O3. The number of rotatable bonds is 8. The number of aryl methyl sites for hydroxylation is 1. The van der Waals surface area contributed by atoms with Crippen LogP contribution < -0.4 is 4.74 Å². The Morgan fingerprint density at radius 2 is 1.84 bits per heavy atom. The van der Waals surface area contributed by atoms with Crippen molar-refractivity contribution in [3.8, 4) is 17.1 Å². The van der Waals surface area contributed by atoms with Crippen LogP contribution in [0.5, 0.6) is 5.75 Å². The van der Waals surface area contributed by atoms with Crippen molar-refractivity contribution in [3.63, 3.8) is 0 Å². The molecular weight excluding hydrogens is 399 g/mol. The first-order valence-electron chi connectivity index (χ1n) is 10.5. The predicted molar refractivity (Wildman–Crippen MR) is 114 cm³/mol. The fourth-order valence-corrected chi connectivity index (χ4v) is 3.55. The van der Waals surface area contributed by atoms with Crippen molar-refractivity contribution in [1.82, 2.24) is 19.9 Å². The molecule has 0 radical (unpaired) electrons. The second-order valence-electron chi connectivity index (χ2n) is 7.83. The van der Waals surface area contributed by atoms with Crippen LogP contribution in [0.4, 0.5) is 4.39 Å². The second kappa shape index (κ2) is 10.00. The quantitative estimate of drug-likeness (QED) is 0.594. The van der Waals surface area contributed by atoms with Crippen LogP contribution >= 0.6 is 0 Å². The number of para-hydroxylation sites is 1. The van der Waals surface area contributed by atoms with Crippen molar-refractivity contribution >= 4 is 0 Å². The summed E-state index contributed by atoms with van der Waals surface area (Å²) < 4.78 is 24.8. The number of hydrogen-bond donors (Lipinski definition) is 1. The molecule has 1 N–H and O–H groups in total. The van der Waals surface area contributed by atoms with Crippen molar-refractivity contribution in [2.24, 2.45) is 0 Å². The van der Waals surface area contributed by atoms with Gasteiger partial charge in [0.1, 0.15) is 24.3 Å². The van der Waals surface area contributed by atoms with E-state index in [4.69, 9.17) is 9.26 Å². The zero-order valence-electron chi connectivity index (χ0n) is 17.6. The summed E-state index contributed by atoms with van der Waals surface area (Å²) in [5.41, 5.74) is 1.19. The Labute approximate surface area is 181 Å². The van der Waals surface area contributed by atoms with E-state index in [2.05, 4.69) is 19.9 Å². The number of β-amino-alcohol motifs (C(OH)–C–C–N with tert-alkyl or cyclic N) is 1. The molecule has 0 saturated carbocycles. The molecule has 8 heteroatoms. The van der Waals surface area contributed by atoms with Crippen LogP contribution in [0, 0.1) is 12.7 Å². The molecule has 0 aliphatic carbocycles. The van der Waals surface area contributed by atoms with Crippen molar-refractivity contribution in [2.45, 2.75) is 19.6 Å². The molecule has 1 aliphatic rings. The monoisotopic (exact) mass is 426 g/mol. The summed E-state index contributed by atoms with van der Waals surface area (Å²) in [4.78, 5) is 8.87. The van der Waals surface area contributed by atoms with Gasteiger partial charge in [-0.15, -0.1) is 0 Å². The Hall–Kier alpha value is -2.81. The number of aromatic nitrogens is 2. The van der Waals surface area contributed by atoms with E-state index >= 15 is 0 Å². The summed E-state index contributed by atoms with van der Waals surface area (Å²) in [5.74, 6) is 1.39. The average Bonchev–Trinajstić information content (AvgIpc) is 3.25. The van der Waals surface area contributed by atoms with Crippen LogP contribution in [-0.2, 0) is 6.54 Å². The van der Waals surface area contributed by atoms with Gasteiger partial charge in [0.25, 0.3) is 0 Å². The third kappa shape index (κ3) is 5.88. The van der Waals surface area contributed by atoms with E-state index in [-0.39, 0.29) is 12.4 Å². The van der Waals surface area contributed by atoms with Gasteiger partial charge in [-0.25, -0.2) is 4.39 Å². The first kappa shape index (κ1) is 21.4. The Morgan fingerprint density at radius 1 is 1.10 bits per heavy atom. The number of hydrogen-bond acceptors (Lipinski definition) is 7. The molecule has 1 saturated heterocycles. The molecule has 2 aromatic carbocycles. The van der Waals surface area contributed by atoms with Gasteiger partial charge in [0.15, 0.2) is 0 Å². The molecule has 1 aliphatic heterocycles. The topological polar surface area (TPSA) is 74.9 Å². The van der Waals surface area contributed by atoms with E-state index < -0.39 is 6.10 Å². The van der Waals surface area contributed by atoms with Gasteiger partial charge >= 0.3 is 0 Å². The highest BCUT2D eigenvalue weighted by Crippen LogP contribution is 2.19. The largest absolute Gasteiger partial charge is 0.491 e. The van der Waals surface area contributed by atoms with Crippen LogP contribution in [0.2, 0.25) is 0 Å². The van der Waals surface area contributed by atoms with Crippen molar-refractivity contribution in [3.05, 3.63) is 65.8 Å². The van der Waals surface area contributed by atoms with Crippen LogP contribution in [0.3, 0.4) is 0 Å². The SMILES string of the molecule is Cc1ccc(-c2noc(CN3CCN(CC(O)COc4ccccc4)CC3)n2)cc1F. The van der Waals surface area contributed by atoms with Gasteiger partial charge in [-0.05, 0) is 30.7 Å². The van der Waals surface area contributed by atoms with Gasteiger partial charge in [0.05, 0.1) is 6.54 Å². The minimum absolute atomic E-state index is 0.272. The van der Waals surface area contributed by atoms with Crippen molar-refractivity contribution in [1.29, 1.82) is 0 Å². The second-order valence-corrected chi connectivity index (χ2v) is 7.83. The maximum atomic E-state index is 13.8. The summed E-state index contributed by atoms with van der Waals surface area (Å²) in [6.45, 7) is 6.47. The lowest BCUT2D eigenvalue weighted by molar-refractivity contribution is 0.0426. The Kier molecular flexibility index (Phi) is 6.91. The van der Waals surface area contributed by atoms with E-state index in [0.29, 0.717) is 35.9 Å². The van der Waals surface area contributed by atoms with Crippen LogP contribution in [0.15, 0.2) is 53.1 Å². The third-order valence-electron chi connectivity index (χ3n) is 5.38. The lowest BCUT2D eigenvalue weighted by Crippen LogP contribution is -2.48. The van der Waals surface area contributed by atoms with Crippen molar-refractivity contribution < 1.29 is 18.8 Å². The van der Waals surface area contributed by atoms with E-state index in [1.165, 1.54) is 6.07 Å². The molecule has 1 atom stereocenters. The van der Waals surface area contributed by atoms with E-state index in [0.717, 1.165) is 31.9 Å². The molecule has 31 heavy (non-hydrogen) atoms. The highest BCUT2D eigenvalue weighted by molar-refractivity contribution is 5.54. The molecule has 3 aromatic rings. The van der Waals surface area contributed by atoms with Crippen LogP contribution in [0.25, 0.3) is 11.4 Å². The van der Waals surface area contributed by atoms with Crippen molar-refractivity contribution in [2.75, 3.05) is 39.3 Å². The molecule has 0 spiro atoms. The highest BCUT2D eigenvalue weighted by atomic mass is 19.1. The maximum absolute atomic E-state index is 13.8. The zero-order chi connectivity index (χ0) is 21.6. The molecule has 2 heterocycles. The lowest BCUT2D eigenvalue weighted by atomic mass is 10.1. The van der Waals surface area contributed by atoms with E-state index in [1.807, 2.05) is 30.3 Å². The van der Waals surface area contributed by atoms with Gasteiger partial charge in [0, 0.05) is 38.3 Å². The first-order chi connectivity index (χ1) is 15.1. The lowest BCUT2D eigenvalue weighted by Gasteiger charge is -2.34. The number of aliphatic hydroxyl groups is 1. The third-order valence-corrected chi connectivity index (χ3v) is 5.38. The Bertz CT molecular complexity index is 974. The van der Waals surface area contributed by atoms with Gasteiger partial charge < -0.3 is 14.4 Å². The molecule has 1 unspecified atom stereocenters. The van der Waals surface area contributed by atoms with Gasteiger partial charge in [-0.1, -0.05) is 35.5 Å². The molecule has 164 valence electrons. The molecule has 0 bridgehead atoms. The summed E-state index contributed by atoms with van der Waals surface area (Å²) in [5, 5.41) is 14.3. The summed E-state index contributed by atoms with van der Waals surface area (Å²) in [7, 11) is 0. The number of piperazine rings is 1. The molecule has 7 nitrogen and oxygen atoms in total. The Morgan fingerprint density at radius 3 is 2.58 bits per heavy atom. The summed E-state index contributed by atoms with van der Waals surface area (Å²) in [6, 6.07) is 14.4. The predicted octanol–water partition coefficient (Wildman–Crippen LogP) is 2.74. The Balaban J connectivity index is 1.21. The summed E-state index contributed by atoms with van der Waals surface area (Å²) >= 11 is 0. The fraction of sp³-hybridized carbons (Fsp3) is 0.391. The number of ether oxygens (including phenoxy) is 1. The molecule has 0 amide bonds. The maximum Gasteiger partial charge on any atom is 0.241 e. The first-order valence-corrected chi connectivity index (χ1v) is 10.5. The molecule has 4 rings (SSSR count). The number of aliphatic hydroxyl groups excluding tert-OH is 1. The average molecular weight is 426 g/mol. The van der Waals surface area contributed by atoms with Gasteiger partial charge in [0.2, 0.25) is 11.7 Å². The normalized spacial score (nSPS) is 16.4. The highest BCUT2D eigenvalue weighted by Gasteiger charge is 2.21.